The molecule has 3 saturated carbocycles. The van der Waals surface area contributed by atoms with Gasteiger partial charge in [0.25, 0.3) is 0 Å². The Morgan fingerprint density at radius 3 is 2.32 bits per heavy atom. The molecule has 6 rings (SSSR count). The molecular weight excluding hydrogens is 580 g/mol. The lowest BCUT2D eigenvalue weighted by atomic mass is 9.75. The van der Waals surface area contributed by atoms with Crippen molar-refractivity contribution < 1.29 is 30.8 Å². The zero-order chi connectivity index (χ0) is 29.2. The normalized spacial score (nSPS) is 28.0. The summed E-state index contributed by atoms with van der Waals surface area (Å²) >= 11 is 0.986. The molecule has 1 aromatic heterocycles. The number of anilines is 1. The van der Waals surface area contributed by atoms with Gasteiger partial charge in [-0.15, -0.1) is 11.3 Å². The molecule has 0 radical (unpaired) electrons. The van der Waals surface area contributed by atoms with Crippen molar-refractivity contribution in [2.45, 2.75) is 74.2 Å². The summed E-state index contributed by atoms with van der Waals surface area (Å²) in [5.74, 6) is -1.78. The molecule has 0 spiro atoms. The number of nitrogens with one attached hydrogen (secondary N) is 1. The first-order chi connectivity index (χ1) is 19.4. The van der Waals surface area contributed by atoms with Crippen molar-refractivity contribution in [1.29, 1.82) is 5.26 Å². The van der Waals surface area contributed by atoms with Crippen molar-refractivity contribution >= 4 is 32.8 Å². The molecular formula is C28H30F4N4O3S2. The molecule has 1 amide bonds. The van der Waals surface area contributed by atoms with Crippen molar-refractivity contribution in [3.63, 3.8) is 0 Å². The third-order valence-electron chi connectivity index (χ3n) is 9.00. The van der Waals surface area contributed by atoms with E-state index in [9.17, 15) is 36.0 Å². The van der Waals surface area contributed by atoms with Crippen LogP contribution in [0, 0.1) is 17.2 Å². The fourth-order valence-corrected chi connectivity index (χ4v) is 8.60. The van der Waals surface area contributed by atoms with E-state index in [0.717, 1.165) is 17.0 Å². The smallest absolute Gasteiger partial charge is 0.369 e. The van der Waals surface area contributed by atoms with Crippen LogP contribution in [0.15, 0.2) is 24.3 Å². The Labute approximate surface area is 239 Å². The van der Waals surface area contributed by atoms with Crippen molar-refractivity contribution in [3.8, 4) is 16.5 Å². The second-order valence-corrected chi connectivity index (χ2v) is 15.1. The number of rotatable bonds is 6. The van der Waals surface area contributed by atoms with Crippen LogP contribution < -0.4 is 10.2 Å². The summed E-state index contributed by atoms with van der Waals surface area (Å²) < 4.78 is 80.7. The quantitative estimate of drug-likeness (QED) is 0.461. The summed E-state index contributed by atoms with van der Waals surface area (Å²) in [5.41, 5.74) is -1.11. The molecule has 7 nitrogen and oxygen atoms in total. The Kier molecular flexibility index (Phi) is 6.88. The second kappa shape index (κ2) is 9.93. The molecule has 2 aromatic rings. The highest BCUT2D eigenvalue weighted by Gasteiger charge is 2.66. The largest absolute Gasteiger partial charge is 0.400 e. The van der Waals surface area contributed by atoms with Gasteiger partial charge in [-0.25, -0.2) is 17.8 Å². The average molecular weight is 611 g/mol. The van der Waals surface area contributed by atoms with Crippen LogP contribution in [0.1, 0.15) is 61.6 Å². The standard InChI is InChI=1S/C28H30F4N4O3S2/c29-18-3-6-20(21(15-18)24(37)35-26(16-33)7-8-26)22-23(40-25(34-22)27(9-10-27)28(30,31)32)17-1-4-19(5-2-17)36-11-13-41(38,39)14-12-36/h1-2,4-5,18,20-21H,3,6-15H2,(H,35,37). The van der Waals surface area contributed by atoms with Crippen LogP contribution in [0.5, 0.6) is 0 Å². The Bertz CT molecular complexity index is 1480. The summed E-state index contributed by atoms with van der Waals surface area (Å²) in [7, 11) is -3.05. The number of carbonyl (C=O) groups is 1. The average Bonchev–Trinajstić information content (AvgIpc) is 3.86. The minimum Gasteiger partial charge on any atom is -0.369 e. The van der Waals surface area contributed by atoms with Crippen LogP contribution in [0.3, 0.4) is 0 Å². The fourth-order valence-electron chi connectivity index (χ4n) is 5.99. The predicted molar refractivity (Wildman–Crippen MR) is 146 cm³/mol. The molecule has 3 aliphatic carbocycles. The predicted octanol–water partition coefficient (Wildman–Crippen LogP) is 5.03. The molecule has 13 heteroatoms. The molecule has 1 aromatic carbocycles. The first-order valence-electron chi connectivity index (χ1n) is 13.9. The number of hydrogen-bond donors (Lipinski definition) is 1. The van der Waals surface area contributed by atoms with Crippen molar-refractivity contribution in [3.05, 3.63) is 35.0 Å². The third kappa shape index (κ3) is 5.33. The minimum absolute atomic E-state index is 0.0301. The van der Waals surface area contributed by atoms with Gasteiger partial charge in [-0.05, 0) is 62.6 Å². The molecule has 3 atom stereocenters. The number of nitriles is 1. The topological polar surface area (TPSA) is 103 Å². The van der Waals surface area contributed by atoms with E-state index in [0.29, 0.717) is 42.1 Å². The van der Waals surface area contributed by atoms with Crippen LogP contribution in [0.2, 0.25) is 0 Å². The van der Waals surface area contributed by atoms with Gasteiger partial charge in [-0.2, -0.15) is 18.4 Å². The molecule has 2 heterocycles. The maximum Gasteiger partial charge on any atom is 0.400 e. The SMILES string of the molecule is N#CC1(NC(=O)C2CC(F)CCC2c2nc(C3(C(F)(F)F)CC3)sc2-c2ccc(N3CCS(=O)(=O)CC3)cc2)CC1. The molecule has 41 heavy (non-hydrogen) atoms. The zero-order valence-corrected chi connectivity index (χ0v) is 23.8. The number of amides is 1. The number of benzene rings is 1. The summed E-state index contributed by atoms with van der Waals surface area (Å²) in [4.78, 5) is 20.4. The van der Waals surface area contributed by atoms with E-state index >= 15 is 0 Å². The molecule has 1 saturated heterocycles. The Morgan fingerprint density at radius 2 is 1.76 bits per heavy atom. The van der Waals surface area contributed by atoms with Gasteiger partial charge in [-0.3, -0.25) is 4.79 Å². The first kappa shape index (κ1) is 28.4. The molecule has 1 N–H and O–H groups in total. The number of hydrogen-bond acceptors (Lipinski definition) is 7. The van der Waals surface area contributed by atoms with E-state index in [-0.39, 0.29) is 48.6 Å². The van der Waals surface area contributed by atoms with E-state index in [4.69, 9.17) is 0 Å². The van der Waals surface area contributed by atoms with E-state index in [1.807, 2.05) is 17.0 Å². The fraction of sp³-hybridized carbons (Fsp3) is 0.607. The van der Waals surface area contributed by atoms with Crippen LogP contribution in [0.25, 0.3) is 10.4 Å². The Hall–Kier alpha value is -2.72. The van der Waals surface area contributed by atoms with Gasteiger partial charge in [-0.1, -0.05) is 12.1 Å². The van der Waals surface area contributed by atoms with Gasteiger partial charge in [0.1, 0.15) is 22.1 Å². The van der Waals surface area contributed by atoms with E-state index < -0.39 is 50.9 Å². The van der Waals surface area contributed by atoms with Gasteiger partial charge >= 0.3 is 6.18 Å². The van der Waals surface area contributed by atoms with Gasteiger partial charge in [0.15, 0.2) is 9.84 Å². The van der Waals surface area contributed by atoms with E-state index in [2.05, 4.69) is 16.4 Å². The van der Waals surface area contributed by atoms with E-state index in [1.54, 1.807) is 12.1 Å². The number of halogens is 4. The highest BCUT2D eigenvalue weighted by molar-refractivity contribution is 7.91. The van der Waals surface area contributed by atoms with E-state index in [1.165, 1.54) is 0 Å². The zero-order valence-electron chi connectivity index (χ0n) is 22.2. The van der Waals surface area contributed by atoms with Crippen LogP contribution >= 0.6 is 11.3 Å². The minimum atomic E-state index is -4.46. The lowest BCUT2D eigenvalue weighted by Crippen LogP contribution is -2.44. The second-order valence-electron chi connectivity index (χ2n) is 11.8. The molecule has 1 aliphatic heterocycles. The molecule has 4 aliphatic rings. The van der Waals surface area contributed by atoms with Crippen molar-refractivity contribution in [2.24, 2.45) is 5.92 Å². The highest BCUT2D eigenvalue weighted by Crippen LogP contribution is 2.61. The number of thiazole rings is 1. The number of alkyl halides is 4. The highest BCUT2D eigenvalue weighted by atomic mass is 32.2. The van der Waals surface area contributed by atoms with Crippen LogP contribution in [-0.4, -0.2) is 61.8 Å². The first-order valence-corrected chi connectivity index (χ1v) is 16.5. The molecule has 220 valence electrons. The van der Waals surface area contributed by atoms with Gasteiger partial charge in [0, 0.05) is 30.6 Å². The summed E-state index contributed by atoms with van der Waals surface area (Å²) in [6.07, 6.45) is -4.40. The summed E-state index contributed by atoms with van der Waals surface area (Å²) in [6, 6.07) is 9.33. The van der Waals surface area contributed by atoms with Gasteiger partial charge in [0.2, 0.25) is 5.91 Å². The third-order valence-corrected chi connectivity index (χ3v) is 11.9. The molecule has 3 unspecified atom stereocenters. The maximum atomic E-state index is 14.6. The number of nitrogens with zero attached hydrogens (tertiary/aromatic N) is 3. The summed E-state index contributed by atoms with van der Waals surface area (Å²) in [6.45, 7) is 0.721. The Morgan fingerprint density at radius 1 is 1.10 bits per heavy atom. The lowest BCUT2D eigenvalue weighted by Gasteiger charge is -2.33. The van der Waals surface area contributed by atoms with Crippen molar-refractivity contribution in [2.75, 3.05) is 29.5 Å². The van der Waals surface area contributed by atoms with Gasteiger partial charge in [0.05, 0.1) is 28.1 Å². The number of carbonyl (C=O) groups excluding carboxylic acids is 1. The van der Waals surface area contributed by atoms with Gasteiger partial charge < -0.3 is 10.2 Å². The number of aromatic nitrogens is 1. The summed E-state index contributed by atoms with van der Waals surface area (Å²) in [5, 5.41) is 12.2. The maximum absolute atomic E-state index is 14.6. The van der Waals surface area contributed by atoms with Crippen molar-refractivity contribution in [1.82, 2.24) is 10.3 Å². The molecule has 4 fully saturated rings. The van der Waals surface area contributed by atoms with Crippen LogP contribution in [-0.2, 0) is 20.0 Å². The monoisotopic (exact) mass is 610 g/mol. The number of sulfone groups is 1. The Balaban J connectivity index is 1.36. The lowest BCUT2D eigenvalue weighted by molar-refractivity contribution is -0.160. The van der Waals surface area contributed by atoms with Crippen LogP contribution in [0.4, 0.5) is 23.2 Å². The molecule has 0 bridgehead atoms.